The van der Waals surface area contributed by atoms with Gasteiger partial charge in [-0.25, -0.2) is 19.2 Å². The van der Waals surface area contributed by atoms with Gasteiger partial charge in [-0.3, -0.25) is 0 Å². The first-order valence-electron chi connectivity index (χ1n) is 10.4. The summed E-state index contributed by atoms with van der Waals surface area (Å²) in [4.78, 5) is 47.5. The summed E-state index contributed by atoms with van der Waals surface area (Å²) in [5, 5.41) is 8.98. The molecule has 3 rings (SSSR count). The van der Waals surface area contributed by atoms with Gasteiger partial charge in [0.2, 0.25) is 0 Å². The standard InChI is InChI=1S/C26H22O8/c1-2-32-25(30)21-5-3-4-6-22(21)26(31)34-16-15-33-24(29)20-13-9-18(10-14-20)17-7-11-19(12-8-17)23(27)28/h3-14H,2,15-16H2,1H3,(H,27,28). The lowest BCUT2D eigenvalue weighted by Crippen LogP contribution is -2.17. The zero-order chi connectivity index (χ0) is 24.5. The average molecular weight is 462 g/mol. The van der Waals surface area contributed by atoms with Crippen LogP contribution >= 0.6 is 0 Å². The molecule has 174 valence electrons. The van der Waals surface area contributed by atoms with Crippen molar-refractivity contribution in [2.24, 2.45) is 0 Å². The van der Waals surface area contributed by atoms with Crippen LogP contribution in [0.3, 0.4) is 0 Å². The Morgan fingerprint density at radius 2 is 1.06 bits per heavy atom. The van der Waals surface area contributed by atoms with E-state index in [2.05, 4.69) is 0 Å². The number of carboxylic acid groups (broad SMARTS) is 1. The van der Waals surface area contributed by atoms with E-state index in [1.807, 2.05) is 0 Å². The van der Waals surface area contributed by atoms with Crippen molar-refractivity contribution in [3.63, 3.8) is 0 Å². The molecule has 0 spiro atoms. The van der Waals surface area contributed by atoms with Crippen molar-refractivity contribution in [1.82, 2.24) is 0 Å². The number of ether oxygens (including phenoxy) is 3. The molecule has 0 saturated carbocycles. The smallest absolute Gasteiger partial charge is 0.339 e. The number of benzene rings is 3. The maximum absolute atomic E-state index is 12.3. The molecule has 8 nitrogen and oxygen atoms in total. The summed E-state index contributed by atoms with van der Waals surface area (Å²) in [6, 6.07) is 19.1. The van der Waals surface area contributed by atoms with Crippen LogP contribution < -0.4 is 0 Å². The van der Waals surface area contributed by atoms with Crippen LogP contribution in [0.25, 0.3) is 11.1 Å². The fraction of sp³-hybridized carbons (Fsp3) is 0.154. The minimum absolute atomic E-state index is 0.0688. The van der Waals surface area contributed by atoms with E-state index in [1.54, 1.807) is 55.5 Å². The van der Waals surface area contributed by atoms with E-state index in [9.17, 15) is 19.2 Å². The molecule has 8 heteroatoms. The van der Waals surface area contributed by atoms with Gasteiger partial charge in [-0.05, 0) is 54.4 Å². The number of carboxylic acids is 1. The molecule has 0 aliphatic rings. The molecule has 0 aliphatic heterocycles. The molecule has 3 aromatic rings. The Hall–Kier alpha value is -4.46. The Morgan fingerprint density at radius 3 is 1.53 bits per heavy atom. The molecule has 1 N–H and O–H groups in total. The second-order valence-electron chi connectivity index (χ2n) is 7.00. The van der Waals surface area contributed by atoms with Gasteiger partial charge in [-0.1, -0.05) is 36.4 Å². The summed E-state index contributed by atoms with van der Waals surface area (Å²) in [5.74, 6) is -2.94. The van der Waals surface area contributed by atoms with Gasteiger partial charge < -0.3 is 19.3 Å². The summed E-state index contributed by atoms with van der Waals surface area (Å²) in [6.07, 6.45) is 0. The largest absolute Gasteiger partial charge is 0.478 e. The first-order valence-corrected chi connectivity index (χ1v) is 10.4. The quantitative estimate of drug-likeness (QED) is 0.285. The lowest BCUT2D eigenvalue weighted by Gasteiger charge is -2.10. The number of carbonyl (C=O) groups excluding carboxylic acids is 3. The Bertz CT molecular complexity index is 1180. The summed E-state index contributed by atoms with van der Waals surface area (Å²) >= 11 is 0. The Morgan fingerprint density at radius 1 is 0.618 bits per heavy atom. The van der Waals surface area contributed by atoms with E-state index in [0.717, 1.165) is 11.1 Å². The topological polar surface area (TPSA) is 116 Å². The molecular formula is C26H22O8. The summed E-state index contributed by atoms with van der Waals surface area (Å²) in [6.45, 7) is 1.50. The van der Waals surface area contributed by atoms with Crippen molar-refractivity contribution in [2.45, 2.75) is 6.92 Å². The van der Waals surface area contributed by atoms with Crippen LogP contribution in [0, 0.1) is 0 Å². The summed E-state index contributed by atoms with van der Waals surface area (Å²) in [5.41, 5.74) is 2.28. The number of rotatable bonds is 9. The molecule has 0 bridgehead atoms. The minimum atomic E-state index is -1.00. The average Bonchev–Trinajstić information content (AvgIpc) is 2.86. The molecule has 0 aliphatic carbocycles. The molecule has 3 aromatic carbocycles. The van der Waals surface area contributed by atoms with Crippen LogP contribution in [0.15, 0.2) is 72.8 Å². The zero-order valence-corrected chi connectivity index (χ0v) is 18.4. The summed E-state index contributed by atoms with van der Waals surface area (Å²) in [7, 11) is 0. The normalized spacial score (nSPS) is 10.3. The first kappa shape index (κ1) is 24.2. The maximum Gasteiger partial charge on any atom is 0.339 e. The van der Waals surface area contributed by atoms with Crippen molar-refractivity contribution in [1.29, 1.82) is 0 Å². The summed E-state index contributed by atoms with van der Waals surface area (Å²) < 4.78 is 15.2. The lowest BCUT2D eigenvalue weighted by molar-refractivity contribution is 0.0262. The fourth-order valence-electron chi connectivity index (χ4n) is 3.08. The molecular weight excluding hydrogens is 440 g/mol. The number of hydrogen-bond donors (Lipinski definition) is 1. The Labute approximate surface area is 195 Å². The Balaban J connectivity index is 1.51. The van der Waals surface area contributed by atoms with Gasteiger partial charge in [0.1, 0.15) is 13.2 Å². The second-order valence-corrected chi connectivity index (χ2v) is 7.00. The third kappa shape index (κ3) is 6.07. The zero-order valence-electron chi connectivity index (χ0n) is 18.4. The predicted molar refractivity (Wildman–Crippen MR) is 122 cm³/mol. The van der Waals surface area contributed by atoms with Crippen molar-refractivity contribution in [3.8, 4) is 11.1 Å². The number of carbonyl (C=O) groups is 4. The van der Waals surface area contributed by atoms with Gasteiger partial charge in [0.15, 0.2) is 0 Å². The molecule has 0 fully saturated rings. The van der Waals surface area contributed by atoms with Crippen LogP contribution in [0.2, 0.25) is 0 Å². The van der Waals surface area contributed by atoms with Crippen molar-refractivity contribution < 1.29 is 38.5 Å². The maximum atomic E-state index is 12.3. The van der Waals surface area contributed by atoms with Gasteiger partial charge in [-0.2, -0.15) is 0 Å². The van der Waals surface area contributed by atoms with Crippen LogP contribution in [-0.4, -0.2) is 48.8 Å². The molecule has 0 amide bonds. The van der Waals surface area contributed by atoms with Crippen LogP contribution in [-0.2, 0) is 14.2 Å². The number of esters is 3. The molecule has 0 atom stereocenters. The van der Waals surface area contributed by atoms with Crippen molar-refractivity contribution >= 4 is 23.9 Å². The van der Waals surface area contributed by atoms with E-state index in [0.29, 0.717) is 5.56 Å². The fourth-order valence-corrected chi connectivity index (χ4v) is 3.08. The Kier molecular flexibility index (Phi) is 8.12. The highest BCUT2D eigenvalue weighted by molar-refractivity contribution is 6.03. The molecule has 0 radical (unpaired) electrons. The van der Waals surface area contributed by atoms with E-state index >= 15 is 0 Å². The van der Waals surface area contributed by atoms with E-state index in [1.165, 1.54) is 24.3 Å². The third-order valence-electron chi connectivity index (χ3n) is 4.78. The van der Waals surface area contributed by atoms with E-state index in [-0.39, 0.29) is 36.5 Å². The third-order valence-corrected chi connectivity index (χ3v) is 4.78. The van der Waals surface area contributed by atoms with Gasteiger partial charge >= 0.3 is 23.9 Å². The van der Waals surface area contributed by atoms with Crippen LogP contribution in [0.5, 0.6) is 0 Å². The highest BCUT2D eigenvalue weighted by Gasteiger charge is 2.19. The molecule has 0 aromatic heterocycles. The highest BCUT2D eigenvalue weighted by Crippen LogP contribution is 2.21. The first-order chi connectivity index (χ1) is 16.4. The van der Waals surface area contributed by atoms with Crippen molar-refractivity contribution in [3.05, 3.63) is 95.1 Å². The van der Waals surface area contributed by atoms with Crippen LogP contribution in [0.1, 0.15) is 48.4 Å². The minimum Gasteiger partial charge on any atom is -0.478 e. The molecule has 0 saturated heterocycles. The molecule has 34 heavy (non-hydrogen) atoms. The van der Waals surface area contributed by atoms with Gasteiger partial charge in [0.05, 0.1) is 28.9 Å². The van der Waals surface area contributed by atoms with Gasteiger partial charge in [0, 0.05) is 0 Å². The SMILES string of the molecule is CCOC(=O)c1ccccc1C(=O)OCCOC(=O)c1ccc(-c2ccc(C(=O)O)cc2)cc1. The number of aromatic carboxylic acids is 1. The van der Waals surface area contributed by atoms with Crippen LogP contribution in [0.4, 0.5) is 0 Å². The number of hydrogen-bond acceptors (Lipinski definition) is 7. The predicted octanol–water partition coefficient (Wildman–Crippen LogP) is 4.24. The lowest BCUT2D eigenvalue weighted by atomic mass is 10.0. The molecule has 0 unspecified atom stereocenters. The molecule has 0 heterocycles. The van der Waals surface area contributed by atoms with Gasteiger partial charge in [0.25, 0.3) is 0 Å². The van der Waals surface area contributed by atoms with E-state index < -0.39 is 23.9 Å². The second kappa shape index (κ2) is 11.4. The highest BCUT2D eigenvalue weighted by atomic mass is 16.6. The van der Waals surface area contributed by atoms with Gasteiger partial charge in [-0.15, -0.1) is 0 Å². The monoisotopic (exact) mass is 462 g/mol. The van der Waals surface area contributed by atoms with Crippen molar-refractivity contribution in [2.75, 3.05) is 19.8 Å². The van der Waals surface area contributed by atoms with E-state index in [4.69, 9.17) is 19.3 Å².